The standard InChI is InChI=1S/C13H20N4O2/c1-9-3-2-6-16(13(9)8-14)10-4-5-12(17(18)19)11(15)7-10/h4-5,7,9,13H,2-3,6,8,14-15H2,1H3. The minimum Gasteiger partial charge on any atom is -0.393 e. The van der Waals surface area contributed by atoms with Crippen LogP contribution < -0.4 is 16.4 Å². The van der Waals surface area contributed by atoms with Gasteiger partial charge >= 0.3 is 0 Å². The number of nitrogens with two attached hydrogens (primary N) is 2. The van der Waals surface area contributed by atoms with Crippen LogP contribution >= 0.6 is 0 Å². The number of rotatable bonds is 3. The normalized spacial score (nSPS) is 23.4. The Kier molecular flexibility index (Phi) is 3.90. The van der Waals surface area contributed by atoms with Crippen LogP contribution in [0.15, 0.2) is 18.2 Å². The van der Waals surface area contributed by atoms with Gasteiger partial charge in [0, 0.05) is 30.9 Å². The highest BCUT2D eigenvalue weighted by atomic mass is 16.6. The van der Waals surface area contributed by atoms with Crippen LogP contribution in [0.25, 0.3) is 0 Å². The molecule has 2 rings (SSSR count). The first-order valence-corrected chi connectivity index (χ1v) is 6.55. The van der Waals surface area contributed by atoms with Crippen molar-refractivity contribution in [3.05, 3.63) is 28.3 Å². The lowest BCUT2D eigenvalue weighted by Gasteiger charge is -2.41. The van der Waals surface area contributed by atoms with Crippen molar-refractivity contribution < 1.29 is 4.92 Å². The molecule has 1 aromatic carbocycles. The molecule has 1 fully saturated rings. The SMILES string of the molecule is CC1CCCN(c2ccc([N+](=O)[O-])c(N)c2)C1CN. The molecule has 0 aliphatic carbocycles. The summed E-state index contributed by atoms with van der Waals surface area (Å²) in [7, 11) is 0. The summed E-state index contributed by atoms with van der Waals surface area (Å²) in [5.41, 5.74) is 12.7. The number of nitro groups is 1. The van der Waals surface area contributed by atoms with Gasteiger partial charge in [0.15, 0.2) is 0 Å². The van der Waals surface area contributed by atoms with Crippen LogP contribution in [0.5, 0.6) is 0 Å². The summed E-state index contributed by atoms with van der Waals surface area (Å²) in [5, 5.41) is 10.8. The fraction of sp³-hybridized carbons (Fsp3) is 0.538. The predicted molar refractivity (Wildman–Crippen MR) is 76.1 cm³/mol. The highest BCUT2D eigenvalue weighted by molar-refractivity contribution is 5.67. The maximum absolute atomic E-state index is 10.8. The van der Waals surface area contributed by atoms with Gasteiger partial charge in [0.05, 0.1) is 4.92 Å². The molecule has 1 aromatic rings. The molecule has 0 saturated carbocycles. The molecule has 0 radical (unpaired) electrons. The Morgan fingerprint density at radius 1 is 1.53 bits per heavy atom. The van der Waals surface area contributed by atoms with Crippen LogP contribution in [0.2, 0.25) is 0 Å². The van der Waals surface area contributed by atoms with E-state index in [2.05, 4.69) is 11.8 Å². The van der Waals surface area contributed by atoms with E-state index in [0.29, 0.717) is 12.5 Å². The molecule has 6 heteroatoms. The third-order valence-electron chi connectivity index (χ3n) is 3.90. The molecule has 1 saturated heterocycles. The monoisotopic (exact) mass is 264 g/mol. The number of benzene rings is 1. The van der Waals surface area contributed by atoms with Crippen molar-refractivity contribution in [2.75, 3.05) is 23.7 Å². The number of nitrogen functional groups attached to an aromatic ring is 1. The van der Waals surface area contributed by atoms with Crippen molar-refractivity contribution in [3.8, 4) is 0 Å². The fourth-order valence-electron chi connectivity index (χ4n) is 2.82. The van der Waals surface area contributed by atoms with Gasteiger partial charge in [-0.3, -0.25) is 10.1 Å². The molecule has 0 spiro atoms. The lowest BCUT2D eigenvalue weighted by molar-refractivity contribution is -0.383. The van der Waals surface area contributed by atoms with E-state index in [0.717, 1.165) is 18.7 Å². The minimum atomic E-state index is -0.460. The zero-order valence-electron chi connectivity index (χ0n) is 11.1. The Morgan fingerprint density at radius 2 is 2.26 bits per heavy atom. The van der Waals surface area contributed by atoms with Crippen molar-refractivity contribution in [3.63, 3.8) is 0 Å². The molecule has 1 aliphatic heterocycles. The number of piperidine rings is 1. The van der Waals surface area contributed by atoms with Crippen molar-refractivity contribution in [1.29, 1.82) is 0 Å². The van der Waals surface area contributed by atoms with E-state index in [4.69, 9.17) is 11.5 Å². The maximum atomic E-state index is 10.8. The first kappa shape index (κ1) is 13.6. The summed E-state index contributed by atoms with van der Waals surface area (Å²) in [6, 6.07) is 5.18. The van der Waals surface area contributed by atoms with Crippen molar-refractivity contribution in [1.82, 2.24) is 0 Å². The summed E-state index contributed by atoms with van der Waals surface area (Å²) in [4.78, 5) is 12.5. The van der Waals surface area contributed by atoms with E-state index in [1.54, 1.807) is 12.1 Å². The van der Waals surface area contributed by atoms with Crippen LogP contribution in [-0.2, 0) is 0 Å². The highest BCUT2D eigenvalue weighted by Crippen LogP contribution is 2.32. The molecule has 0 bridgehead atoms. The Hall–Kier alpha value is -1.82. The molecule has 2 atom stereocenters. The van der Waals surface area contributed by atoms with Crippen LogP contribution in [-0.4, -0.2) is 24.1 Å². The van der Waals surface area contributed by atoms with Crippen molar-refractivity contribution in [2.24, 2.45) is 11.7 Å². The summed E-state index contributed by atoms with van der Waals surface area (Å²) < 4.78 is 0. The molecule has 1 aliphatic rings. The largest absolute Gasteiger partial charge is 0.393 e. The highest BCUT2D eigenvalue weighted by Gasteiger charge is 2.28. The average molecular weight is 264 g/mol. The molecule has 6 nitrogen and oxygen atoms in total. The Morgan fingerprint density at radius 3 is 2.84 bits per heavy atom. The molecule has 0 amide bonds. The summed E-state index contributed by atoms with van der Waals surface area (Å²) in [5.74, 6) is 0.523. The smallest absolute Gasteiger partial charge is 0.292 e. The van der Waals surface area contributed by atoms with Gasteiger partial charge in [0.1, 0.15) is 5.69 Å². The lowest BCUT2D eigenvalue weighted by atomic mass is 9.90. The third-order valence-corrected chi connectivity index (χ3v) is 3.90. The molecular weight excluding hydrogens is 244 g/mol. The van der Waals surface area contributed by atoms with Crippen LogP contribution in [0.3, 0.4) is 0 Å². The number of nitrogens with zero attached hydrogens (tertiary/aromatic N) is 2. The van der Waals surface area contributed by atoms with Gasteiger partial charge < -0.3 is 16.4 Å². The number of hydrogen-bond acceptors (Lipinski definition) is 5. The van der Waals surface area contributed by atoms with Crippen LogP contribution in [0, 0.1) is 16.0 Å². The van der Waals surface area contributed by atoms with Gasteiger partial charge in [0.25, 0.3) is 5.69 Å². The average Bonchev–Trinajstić information content (AvgIpc) is 2.37. The van der Waals surface area contributed by atoms with Crippen LogP contribution in [0.1, 0.15) is 19.8 Å². The molecule has 104 valence electrons. The molecule has 1 heterocycles. The third kappa shape index (κ3) is 2.63. The quantitative estimate of drug-likeness (QED) is 0.492. The van der Waals surface area contributed by atoms with Gasteiger partial charge in [0.2, 0.25) is 0 Å². The summed E-state index contributed by atoms with van der Waals surface area (Å²) in [6.45, 7) is 3.69. The second-order valence-corrected chi connectivity index (χ2v) is 5.12. The summed E-state index contributed by atoms with van der Waals surface area (Å²) in [6.07, 6.45) is 2.27. The fourth-order valence-corrected chi connectivity index (χ4v) is 2.82. The van der Waals surface area contributed by atoms with Gasteiger partial charge in [-0.05, 0) is 30.9 Å². The van der Waals surface area contributed by atoms with E-state index < -0.39 is 4.92 Å². The van der Waals surface area contributed by atoms with Crippen molar-refractivity contribution in [2.45, 2.75) is 25.8 Å². The van der Waals surface area contributed by atoms with Gasteiger partial charge in [-0.2, -0.15) is 0 Å². The van der Waals surface area contributed by atoms with E-state index in [1.807, 2.05) is 0 Å². The Balaban J connectivity index is 2.30. The Labute approximate surface area is 112 Å². The van der Waals surface area contributed by atoms with Crippen molar-refractivity contribution >= 4 is 17.1 Å². The van der Waals surface area contributed by atoms with Gasteiger partial charge in [-0.15, -0.1) is 0 Å². The van der Waals surface area contributed by atoms with E-state index in [-0.39, 0.29) is 17.4 Å². The maximum Gasteiger partial charge on any atom is 0.292 e. The first-order valence-electron chi connectivity index (χ1n) is 6.55. The number of hydrogen-bond donors (Lipinski definition) is 2. The van der Waals surface area contributed by atoms with Gasteiger partial charge in [-0.25, -0.2) is 0 Å². The summed E-state index contributed by atoms with van der Waals surface area (Å²) >= 11 is 0. The predicted octanol–water partition coefficient (Wildman–Crippen LogP) is 1.74. The second-order valence-electron chi connectivity index (χ2n) is 5.12. The zero-order chi connectivity index (χ0) is 14.0. The number of nitro benzene ring substituents is 1. The van der Waals surface area contributed by atoms with Gasteiger partial charge in [-0.1, -0.05) is 6.92 Å². The topological polar surface area (TPSA) is 98.4 Å². The number of anilines is 2. The molecule has 2 unspecified atom stereocenters. The zero-order valence-corrected chi connectivity index (χ0v) is 11.1. The minimum absolute atomic E-state index is 0.0434. The first-order chi connectivity index (χ1) is 9.04. The van der Waals surface area contributed by atoms with Crippen LogP contribution in [0.4, 0.5) is 17.1 Å². The molecule has 19 heavy (non-hydrogen) atoms. The van der Waals surface area contributed by atoms with E-state index >= 15 is 0 Å². The Bertz CT molecular complexity index is 478. The molecular formula is C13H20N4O2. The second kappa shape index (κ2) is 5.44. The molecule has 4 N–H and O–H groups in total. The molecule has 0 aromatic heterocycles. The lowest BCUT2D eigenvalue weighted by Crippen LogP contribution is -2.48. The van der Waals surface area contributed by atoms with E-state index in [1.165, 1.54) is 12.5 Å². The van der Waals surface area contributed by atoms with E-state index in [9.17, 15) is 10.1 Å².